The zero-order valence-corrected chi connectivity index (χ0v) is 10.3. The second-order valence-corrected chi connectivity index (χ2v) is 5.78. The Hall–Kier alpha value is -0.130. The molecule has 0 spiro atoms. The smallest absolute Gasteiger partial charge is 0.212 e. The van der Waals surface area contributed by atoms with E-state index in [-0.39, 0.29) is 5.75 Å². The van der Waals surface area contributed by atoms with E-state index in [1.54, 1.807) is 0 Å². The van der Waals surface area contributed by atoms with Crippen LogP contribution in [0.5, 0.6) is 0 Å². The minimum Gasteiger partial charge on any atom is -0.313 e. The number of hydrogen-bond acceptors (Lipinski definition) is 3. The standard InChI is InChI=1S/C9H22N2O2S/c1-5-9(8(2)3)11-6-7-14(12,13)10-4/h8-11H,5-7H2,1-4H3. The molecule has 0 bridgehead atoms. The Kier molecular flexibility index (Phi) is 6.31. The zero-order chi connectivity index (χ0) is 11.2. The molecule has 0 aliphatic rings. The van der Waals surface area contributed by atoms with Gasteiger partial charge in [-0.25, -0.2) is 13.1 Å². The lowest BCUT2D eigenvalue weighted by Gasteiger charge is -2.20. The van der Waals surface area contributed by atoms with Crippen LogP contribution in [0, 0.1) is 5.92 Å². The van der Waals surface area contributed by atoms with Crippen molar-refractivity contribution in [3.05, 3.63) is 0 Å². The van der Waals surface area contributed by atoms with E-state index < -0.39 is 10.0 Å². The molecule has 0 saturated heterocycles. The summed E-state index contributed by atoms with van der Waals surface area (Å²) in [6, 6.07) is 0.405. The summed E-state index contributed by atoms with van der Waals surface area (Å²) in [6.45, 7) is 6.88. The monoisotopic (exact) mass is 222 g/mol. The van der Waals surface area contributed by atoms with Crippen molar-refractivity contribution < 1.29 is 8.42 Å². The molecule has 14 heavy (non-hydrogen) atoms. The first-order chi connectivity index (χ1) is 6.43. The van der Waals surface area contributed by atoms with Crippen LogP contribution in [0.15, 0.2) is 0 Å². The molecule has 0 aliphatic heterocycles. The third kappa shape index (κ3) is 5.57. The van der Waals surface area contributed by atoms with Gasteiger partial charge in [-0.2, -0.15) is 0 Å². The predicted molar refractivity (Wildman–Crippen MR) is 59.8 cm³/mol. The van der Waals surface area contributed by atoms with Crippen molar-refractivity contribution in [3.8, 4) is 0 Å². The molecule has 0 amide bonds. The van der Waals surface area contributed by atoms with Crippen molar-refractivity contribution in [1.82, 2.24) is 10.0 Å². The maximum atomic E-state index is 11.1. The van der Waals surface area contributed by atoms with Crippen LogP contribution in [0.2, 0.25) is 0 Å². The largest absolute Gasteiger partial charge is 0.313 e. The van der Waals surface area contributed by atoms with E-state index >= 15 is 0 Å². The molecule has 86 valence electrons. The van der Waals surface area contributed by atoms with Crippen LogP contribution in [-0.2, 0) is 10.0 Å². The van der Waals surface area contributed by atoms with E-state index in [9.17, 15) is 8.42 Å². The quantitative estimate of drug-likeness (QED) is 0.662. The van der Waals surface area contributed by atoms with E-state index in [0.717, 1.165) is 6.42 Å². The first-order valence-corrected chi connectivity index (χ1v) is 6.72. The van der Waals surface area contributed by atoms with Gasteiger partial charge >= 0.3 is 0 Å². The van der Waals surface area contributed by atoms with E-state index in [0.29, 0.717) is 18.5 Å². The molecule has 1 atom stereocenters. The number of rotatable bonds is 7. The van der Waals surface area contributed by atoms with Crippen molar-refractivity contribution in [2.24, 2.45) is 5.92 Å². The Morgan fingerprint density at radius 1 is 1.29 bits per heavy atom. The SMILES string of the molecule is CCC(NCCS(=O)(=O)NC)C(C)C. The molecule has 2 N–H and O–H groups in total. The van der Waals surface area contributed by atoms with Crippen molar-refractivity contribution in [2.75, 3.05) is 19.3 Å². The van der Waals surface area contributed by atoms with Gasteiger partial charge in [0.25, 0.3) is 0 Å². The van der Waals surface area contributed by atoms with Crippen LogP contribution in [0.1, 0.15) is 27.2 Å². The fraction of sp³-hybridized carbons (Fsp3) is 1.00. The average Bonchev–Trinajstić information content (AvgIpc) is 2.12. The minimum atomic E-state index is -3.06. The summed E-state index contributed by atoms with van der Waals surface area (Å²) in [5, 5.41) is 3.24. The highest BCUT2D eigenvalue weighted by atomic mass is 32.2. The van der Waals surface area contributed by atoms with Crippen molar-refractivity contribution in [1.29, 1.82) is 0 Å². The molecule has 0 saturated carbocycles. The third-order valence-corrected chi connectivity index (χ3v) is 3.70. The molecule has 0 aliphatic carbocycles. The lowest BCUT2D eigenvalue weighted by Crippen LogP contribution is -2.38. The van der Waals surface area contributed by atoms with Gasteiger partial charge in [0.15, 0.2) is 0 Å². The second-order valence-electron chi connectivity index (χ2n) is 3.74. The highest BCUT2D eigenvalue weighted by molar-refractivity contribution is 7.89. The predicted octanol–water partition coefficient (Wildman–Crippen LogP) is 0.560. The molecular weight excluding hydrogens is 200 g/mol. The van der Waals surface area contributed by atoms with E-state index in [2.05, 4.69) is 30.8 Å². The first kappa shape index (κ1) is 13.9. The number of hydrogen-bond donors (Lipinski definition) is 2. The van der Waals surface area contributed by atoms with Crippen LogP contribution in [0.3, 0.4) is 0 Å². The van der Waals surface area contributed by atoms with Gasteiger partial charge in [-0.1, -0.05) is 20.8 Å². The molecular formula is C9H22N2O2S. The maximum absolute atomic E-state index is 11.1. The van der Waals surface area contributed by atoms with Gasteiger partial charge in [-0.3, -0.25) is 0 Å². The first-order valence-electron chi connectivity index (χ1n) is 5.07. The molecule has 0 aromatic rings. The number of sulfonamides is 1. The van der Waals surface area contributed by atoms with Crippen molar-refractivity contribution in [3.63, 3.8) is 0 Å². The molecule has 0 aromatic heterocycles. The highest BCUT2D eigenvalue weighted by Gasteiger charge is 2.12. The van der Waals surface area contributed by atoms with Gasteiger partial charge in [0, 0.05) is 12.6 Å². The number of nitrogens with one attached hydrogen (secondary N) is 2. The van der Waals surface area contributed by atoms with Crippen molar-refractivity contribution >= 4 is 10.0 Å². The Labute approximate surface area is 87.5 Å². The van der Waals surface area contributed by atoms with Gasteiger partial charge in [-0.05, 0) is 19.4 Å². The topological polar surface area (TPSA) is 58.2 Å². The second kappa shape index (κ2) is 6.37. The molecule has 4 nitrogen and oxygen atoms in total. The fourth-order valence-corrected chi connectivity index (χ4v) is 1.92. The summed E-state index contributed by atoms with van der Waals surface area (Å²) >= 11 is 0. The molecule has 0 rings (SSSR count). The van der Waals surface area contributed by atoms with Gasteiger partial charge in [0.1, 0.15) is 0 Å². The maximum Gasteiger partial charge on any atom is 0.212 e. The van der Waals surface area contributed by atoms with Gasteiger partial charge in [0.2, 0.25) is 10.0 Å². The average molecular weight is 222 g/mol. The molecule has 5 heteroatoms. The summed E-state index contributed by atoms with van der Waals surface area (Å²) in [5.74, 6) is 0.685. The van der Waals surface area contributed by atoms with E-state index in [4.69, 9.17) is 0 Å². The summed E-state index contributed by atoms with van der Waals surface area (Å²) in [5.41, 5.74) is 0. The Balaban J connectivity index is 3.83. The van der Waals surface area contributed by atoms with Crippen LogP contribution < -0.4 is 10.0 Å². The van der Waals surface area contributed by atoms with Crippen LogP contribution in [0.4, 0.5) is 0 Å². The van der Waals surface area contributed by atoms with Crippen LogP contribution in [0.25, 0.3) is 0 Å². The van der Waals surface area contributed by atoms with Gasteiger partial charge in [0.05, 0.1) is 5.75 Å². The molecule has 0 heterocycles. The Bertz CT molecular complexity index is 237. The van der Waals surface area contributed by atoms with Gasteiger partial charge in [-0.15, -0.1) is 0 Å². The fourth-order valence-electron chi connectivity index (χ4n) is 1.33. The van der Waals surface area contributed by atoms with Crippen molar-refractivity contribution in [2.45, 2.75) is 33.2 Å². The van der Waals surface area contributed by atoms with Gasteiger partial charge < -0.3 is 5.32 Å². The molecule has 1 unspecified atom stereocenters. The lowest BCUT2D eigenvalue weighted by molar-refractivity contribution is 0.397. The van der Waals surface area contributed by atoms with Crippen LogP contribution in [-0.4, -0.2) is 33.8 Å². The molecule has 0 fully saturated rings. The Morgan fingerprint density at radius 2 is 1.86 bits per heavy atom. The lowest BCUT2D eigenvalue weighted by atomic mass is 10.0. The third-order valence-electron chi connectivity index (χ3n) is 2.33. The summed E-state index contributed by atoms with van der Waals surface area (Å²) in [4.78, 5) is 0. The van der Waals surface area contributed by atoms with E-state index in [1.165, 1.54) is 7.05 Å². The highest BCUT2D eigenvalue weighted by Crippen LogP contribution is 2.04. The van der Waals surface area contributed by atoms with E-state index in [1.807, 2.05) is 0 Å². The summed E-state index contributed by atoms with van der Waals surface area (Å²) in [7, 11) is -1.62. The molecule has 0 aromatic carbocycles. The summed E-state index contributed by atoms with van der Waals surface area (Å²) in [6.07, 6.45) is 1.03. The minimum absolute atomic E-state index is 0.146. The Morgan fingerprint density at radius 3 is 2.21 bits per heavy atom. The zero-order valence-electron chi connectivity index (χ0n) is 9.50. The normalized spacial score (nSPS) is 14.6. The van der Waals surface area contributed by atoms with Crippen LogP contribution >= 0.6 is 0 Å². The summed E-state index contributed by atoms with van der Waals surface area (Å²) < 4.78 is 24.5. The molecule has 0 radical (unpaired) electrons.